The smallest absolute Gasteiger partial charge is 0.338 e. The lowest BCUT2D eigenvalue weighted by atomic mass is 10.0. The number of nitrogens with zero attached hydrogens (tertiary/aromatic N) is 2. The van der Waals surface area contributed by atoms with Crippen molar-refractivity contribution in [3.63, 3.8) is 0 Å². The Morgan fingerprint density at radius 2 is 1.73 bits per heavy atom. The van der Waals surface area contributed by atoms with Gasteiger partial charge in [0, 0.05) is 12.4 Å². The summed E-state index contributed by atoms with van der Waals surface area (Å²) in [6.07, 6.45) is 3.15. The fraction of sp³-hybridized carbons (Fsp3) is 0.182. The molecule has 156 valence electrons. The van der Waals surface area contributed by atoms with Gasteiger partial charge in [-0.15, -0.1) is 0 Å². The van der Waals surface area contributed by atoms with Crippen LogP contribution in [0, 0.1) is 13.8 Å². The minimum Gasteiger partial charge on any atom is -0.497 e. The van der Waals surface area contributed by atoms with Gasteiger partial charge < -0.3 is 9.84 Å². The van der Waals surface area contributed by atoms with Gasteiger partial charge in [0.2, 0.25) is 0 Å². The molecule has 0 aliphatic heterocycles. The molecule has 0 amide bonds. The van der Waals surface area contributed by atoms with Crippen LogP contribution in [-0.2, 0) is 16.6 Å². The summed E-state index contributed by atoms with van der Waals surface area (Å²) in [5.41, 5.74) is 1.74. The van der Waals surface area contributed by atoms with E-state index in [4.69, 9.17) is 4.74 Å². The molecular formula is C22H22N2O5S. The molecule has 2 aromatic carbocycles. The Kier molecular flexibility index (Phi) is 6.07. The van der Waals surface area contributed by atoms with E-state index in [9.17, 15) is 18.3 Å². The lowest BCUT2D eigenvalue weighted by Crippen LogP contribution is -2.33. The summed E-state index contributed by atoms with van der Waals surface area (Å²) < 4.78 is 33.5. The molecule has 1 heterocycles. The Bertz CT molecular complexity index is 1160. The summed E-state index contributed by atoms with van der Waals surface area (Å²) in [7, 11) is -2.59. The molecule has 0 aliphatic carbocycles. The lowest BCUT2D eigenvalue weighted by Gasteiger charge is -2.28. The number of carboxylic acids is 1. The topological polar surface area (TPSA) is 96.8 Å². The molecule has 0 aliphatic rings. The summed E-state index contributed by atoms with van der Waals surface area (Å²) in [5.74, 6) is -0.668. The van der Waals surface area contributed by atoms with E-state index in [-0.39, 0.29) is 22.7 Å². The number of carboxylic acid groups (broad SMARTS) is 1. The van der Waals surface area contributed by atoms with Crippen molar-refractivity contribution in [2.45, 2.75) is 25.3 Å². The Labute approximate surface area is 175 Å². The van der Waals surface area contributed by atoms with Crippen molar-refractivity contribution in [2.24, 2.45) is 0 Å². The normalized spacial score (nSPS) is 11.2. The van der Waals surface area contributed by atoms with Crippen LogP contribution in [0.15, 0.2) is 65.8 Å². The number of pyridine rings is 1. The molecular weight excluding hydrogens is 404 g/mol. The van der Waals surface area contributed by atoms with Crippen LogP contribution in [0.2, 0.25) is 0 Å². The molecule has 0 spiro atoms. The number of aromatic nitrogens is 1. The molecule has 0 radical (unpaired) electrons. The third kappa shape index (κ3) is 4.13. The van der Waals surface area contributed by atoms with E-state index in [1.54, 1.807) is 62.6 Å². The van der Waals surface area contributed by atoms with Crippen molar-refractivity contribution in [3.8, 4) is 5.75 Å². The third-order valence-electron chi connectivity index (χ3n) is 4.75. The second kappa shape index (κ2) is 8.54. The van der Waals surface area contributed by atoms with Crippen molar-refractivity contribution in [3.05, 3.63) is 83.2 Å². The molecule has 0 saturated heterocycles. The number of sulfonamides is 1. The van der Waals surface area contributed by atoms with Gasteiger partial charge >= 0.3 is 5.97 Å². The Balaban J connectivity index is 2.24. The largest absolute Gasteiger partial charge is 0.497 e. The highest BCUT2D eigenvalue weighted by atomic mass is 32.2. The second-order valence-corrected chi connectivity index (χ2v) is 8.64. The van der Waals surface area contributed by atoms with Gasteiger partial charge in [0.1, 0.15) is 5.75 Å². The zero-order chi connectivity index (χ0) is 21.9. The molecule has 30 heavy (non-hydrogen) atoms. The monoisotopic (exact) mass is 426 g/mol. The average Bonchev–Trinajstić information content (AvgIpc) is 2.74. The molecule has 0 fully saturated rings. The molecule has 3 rings (SSSR count). The van der Waals surface area contributed by atoms with E-state index in [1.807, 2.05) is 0 Å². The molecule has 0 saturated carbocycles. The predicted octanol–water partition coefficient (Wildman–Crippen LogP) is 3.80. The number of hydrogen-bond acceptors (Lipinski definition) is 5. The Morgan fingerprint density at radius 3 is 2.30 bits per heavy atom. The van der Waals surface area contributed by atoms with E-state index in [0.717, 1.165) is 4.31 Å². The van der Waals surface area contributed by atoms with Crippen LogP contribution in [0.25, 0.3) is 0 Å². The molecule has 0 bridgehead atoms. The molecule has 1 aromatic heterocycles. The van der Waals surface area contributed by atoms with E-state index in [1.165, 1.54) is 19.2 Å². The number of aromatic carboxylic acids is 1. The number of methoxy groups -OCH3 is 1. The van der Waals surface area contributed by atoms with Crippen LogP contribution in [0.1, 0.15) is 27.0 Å². The first kappa shape index (κ1) is 21.3. The molecule has 3 aromatic rings. The van der Waals surface area contributed by atoms with Gasteiger partial charge in [-0.1, -0.05) is 18.2 Å². The van der Waals surface area contributed by atoms with Crippen LogP contribution >= 0.6 is 0 Å². The molecule has 0 unspecified atom stereocenters. The SMILES string of the molecule is COc1ccc(S(=O)(=O)N(Cc2cccnc2)c2c(C)ccc(C)c2C(=O)O)cc1. The molecule has 7 nitrogen and oxygen atoms in total. The van der Waals surface area contributed by atoms with E-state index in [2.05, 4.69) is 4.98 Å². The Hall–Kier alpha value is -3.39. The number of carbonyl (C=O) groups is 1. The first-order valence-corrected chi connectivity index (χ1v) is 10.6. The Morgan fingerprint density at radius 1 is 1.07 bits per heavy atom. The summed E-state index contributed by atoms with van der Waals surface area (Å²) >= 11 is 0. The first-order chi connectivity index (χ1) is 14.3. The van der Waals surface area contributed by atoms with Gasteiger partial charge in [-0.25, -0.2) is 13.2 Å². The van der Waals surface area contributed by atoms with Crippen LogP contribution in [-0.4, -0.2) is 31.6 Å². The maximum Gasteiger partial charge on any atom is 0.338 e. The van der Waals surface area contributed by atoms with E-state index in [0.29, 0.717) is 22.4 Å². The lowest BCUT2D eigenvalue weighted by molar-refractivity contribution is 0.0697. The minimum atomic E-state index is -4.09. The number of benzene rings is 2. The highest BCUT2D eigenvalue weighted by molar-refractivity contribution is 7.92. The average molecular weight is 426 g/mol. The summed E-state index contributed by atoms with van der Waals surface area (Å²) in [5, 5.41) is 9.84. The van der Waals surface area contributed by atoms with Gasteiger partial charge in [-0.2, -0.15) is 0 Å². The van der Waals surface area contributed by atoms with E-state index >= 15 is 0 Å². The highest BCUT2D eigenvalue weighted by Gasteiger charge is 2.31. The molecule has 0 atom stereocenters. The second-order valence-electron chi connectivity index (χ2n) is 6.78. The summed E-state index contributed by atoms with van der Waals surface area (Å²) in [4.78, 5) is 16.1. The van der Waals surface area contributed by atoms with Crippen molar-refractivity contribution in [2.75, 3.05) is 11.4 Å². The third-order valence-corrected chi connectivity index (χ3v) is 6.51. The van der Waals surface area contributed by atoms with Crippen LogP contribution in [0.4, 0.5) is 5.69 Å². The number of aryl methyl sites for hydroxylation is 2. The van der Waals surface area contributed by atoms with Gasteiger partial charge in [0.05, 0.1) is 29.8 Å². The van der Waals surface area contributed by atoms with Crippen LogP contribution in [0.3, 0.4) is 0 Å². The van der Waals surface area contributed by atoms with Crippen molar-refractivity contribution < 1.29 is 23.1 Å². The van der Waals surface area contributed by atoms with Gasteiger partial charge in [0.15, 0.2) is 0 Å². The van der Waals surface area contributed by atoms with Crippen molar-refractivity contribution in [1.82, 2.24) is 4.98 Å². The fourth-order valence-electron chi connectivity index (χ4n) is 3.20. The highest BCUT2D eigenvalue weighted by Crippen LogP contribution is 2.34. The zero-order valence-corrected chi connectivity index (χ0v) is 17.7. The molecule has 8 heteroatoms. The van der Waals surface area contributed by atoms with E-state index < -0.39 is 16.0 Å². The number of ether oxygens (including phenoxy) is 1. The molecule has 1 N–H and O–H groups in total. The van der Waals surface area contributed by atoms with Gasteiger partial charge in [0.25, 0.3) is 10.0 Å². The standard InChI is InChI=1S/C22H22N2O5S/c1-15-6-7-16(2)21(20(15)22(25)26)24(14-17-5-4-12-23-13-17)30(27,28)19-10-8-18(29-3)9-11-19/h4-13H,14H2,1-3H3,(H,25,26). The van der Waals surface area contributed by atoms with Gasteiger partial charge in [-0.3, -0.25) is 9.29 Å². The summed E-state index contributed by atoms with van der Waals surface area (Å²) in [6, 6.07) is 12.8. The van der Waals surface area contributed by atoms with Crippen LogP contribution < -0.4 is 9.04 Å². The predicted molar refractivity (Wildman–Crippen MR) is 113 cm³/mol. The number of anilines is 1. The summed E-state index contributed by atoms with van der Waals surface area (Å²) in [6.45, 7) is 3.28. The van der Waals surface area contributed by atoms with Crippen molar-refractivity contribution >= 4 is 21.7 Å². The zero-order valence-electron chi connectivity index (χ0n) is 16.9. The van der Waals surface area contributed by atoms with Gasteiger partial charge in [-0.05, 0) is 60.9 Å². The maximum atomic E-state index is 13.6. The fourth-order valence-corrected chi connectivity index (χ4v) is 4.73. The van der Waals surface area contributed by atoms with Crippen LogP contribution in [0.5, 0.6) is 5.75 Å². The number of rotatable bonds is 7. The first-order valence-electron chi connectivity index (χ1n) is 9.15. The quantitative estimate of drug-likeness (QED) is 0.617. The maximum absolute atomic E-state index is 13.6. The number of hydrogen-bond donors (Lipinski definition) is 1. The minimum absolute atomic E-state index is 0.0319. The van der Waals surface area contributed by atoms with Crippen molar-refractivity contribution in [1.29, 1.82) is 0 Å².